The largest absolute Gasteiger partial charge is 0.340 e. The molecule has 0 aromatic heterocycles. The van der Waals surface area contributed by atoms with Gasteiger partial charge in [0.1, 0.15) is 13.2 Å². The molecule has 6 nitrogen and oxygen atoms in total. The lowest BCUT2D eigenvalue weighted by Crippen LogP contribution is -2.54. The second-order valence-corrected chi connectivity index (χ2v) is 7.40. The van der Waals surface area contributed by atoms with E-state index in [1.54, 1.807) is 13.8 Å². The van der Waals surface area contributed by atoms with Crippen LogP contribution in [0, 0.1) is 0 Å². The molecule has 20 heavy (non-hydrogen) atoms. The molecule has 120 valence electrons. The van der Waals surface area contributed by atoms with Crippen LogP contribution in [0.3, 0.4) is 0 Å². The second kappa shape index (κ2) is 5.87. The van der Waals surface area contributed by atoms with E-state index in [-0.39, 0.29) is 13.2 Å². The summed E-state index contributed by atoms with van der Waals surface area (Å²) in [4.78, 5) is 21.2. The smallest absolute Gasteiger partial charge is 0.222 e. The van der Waals surface area contributed by atoms with E-state index < -0.39 is 22.8 Å². The summed E-state index contributed by atoms with van der Waals surface area (Å²) in [6.07, 6.45) is 0. The highest BCUT2D eigenvalue weighted by atomic mass is 17.3. The van der Waals surface area contributed by atoms with E-state index in [1.807, 2.05) is 41.5 Å². The zero-order valence-electron chi connectivity index (χ0n) is 13.9. The van der Waals surface area contributed by atoms with Gasteiger partial charge in [-0.05, 0) is 55.4 Å². The van der Waals surface area contributed by atoms with Crippen molar-refractivity contribution in [2.24, 2.45) is 0 Å². The first kappa shape index (κ1) is 17.8. The normalized spacial score (nSPS) is 32.4. The van der Waals surface area contributed by atoms with Crippen LogP contribution < -0.4 is 0 Å². The third kappa shape index (κ3) is 6.47. The highest BCUT2D eigenvalue weighted by molar-refractivity contribution is 4.74. The van der Waals surface area contributed by atoms with E-state index in [0.29, 0.717) is 0 Å². The van der Waals surface area contributed by atoms with E-state index >= 15 is 0 Å². The molecule has 1 saturated heterocycles. The molecule has 0 N–H and O–H groups in total. The predicted octanol–water partition coefficient (Wildman–Crippen LogP) is 2.96. The molecule has 1 aliphatic rings. The molecule has 0 radical (unpaired) electrons. The van der Waals surface area contributed by atoms with Crippen molar-refractivity contribution < 1.29 is 29.0 Å². The fraction of sp³-hybridized carbons (Fsp3) is 1.00. The summed E-state index contributed by atoms with van der Waals surface area (Å²) in [7, 11) is 0. The van der Waals surface area contributed by atoms with Crippen molar-refractivity contribution in [1.82, 2.24) is 0 Å². The molecule has 0 aliphatic carbocycles. The Hall–Kier alpha value is -0.240. The van der Waals surface area contributed by atoms with Gasteiger partial charge in [-0.1, -0.05) is 0 Å². The molecule has 0 aromatic rings. The van der Waals surface area contributed by atoms with Crippen LogP contribution in [0.2, 0.25) is 0 Å². The Kier molecular flexibility index (Phi) is 5.22. The van der Waals surface area contributed by atoms with Crippen LogP contribution in [0.15, 0.2) is 0 Å². The molecule has 6 heteroatoms. The Morgan fingerprint density at radius 2 is 1.00 bits per heavy atom. The standard InChI is InChI=1S/C14H28O6/c1-11(2,3)17-19-13(7)9-16-14(8,10-15-13)20-18-12(4,5)6/h9-10H2,1-8H3. The molecule has 0 amide bonds. The van der Waals surface area contributed by atoms with Crippen LogP contribution in [-0.2, 0) is 29.0 Å². The van der Waals surface area contributed by atoms with Gasteiger partial charge in [0.15, 0.2) is 0 Å². The minimum atomic E-state index is -0.960. The fourth-order valence-electron chi connectivity index (χ4n) is 1.17. The Labute approximate surface area is 121 Å². The maximum absolute atomic E-state index is 5.66. The fourth-order valence-corrected chi connectivity index (χ4v) is 1.17. The predicted molar refractivity (Wildman–Crippen MR) is 72.6 cm³/mol. The summed E-state index contributed by atoms with van der Waals surface area (Å²) in [5, 5.41) is 0. The van der Waals surface area contributed by atoms with Crippen molar-refractivity contribution >= 4 is 0 Å². The Balaban J connectivity index is 2.45. The molecule has 1 aliphatic heterocycles. The van der Waals surface area contributed by atoms with Gasteiger partial charge in [-0.3, -0.25) is 0 Å². The number of rotatable bonds is 4. The Morgan fingerprint density at radius 3 is 1.20 bits per heavy atom. The molecule has 1 fully saturated rings. The molecular weight excluding hydrogens is 264 g/mol. The number of hydrogen-bond acceptors (Lipinski definition) is 6. The van der Waals surface area contributed by atoms with Crippen LogP contribution in [0.5, 0.6) is 0 Å². The maximum atomic E-state index is 5.66. The molecule has 0 saturated carbocycles. The van der Waals surface area contributed by atoms with Gasteiger partial charge in [0, 0.05) is 0 Å². The molecule has 2 atom stereocenters. The summed E-state index contributed by atoms with van der Waals surface area (Å²) < 4.78 is 11.3. The van der Waals surface area contributed by atoms with Gasteiger partial charge in [0.05, 0.1) is 11.2 Å². The van der Waals surface area contributed by atoms with E-state index in [4.69, 9.17) is 29.0 Å². The first-order valence-electron chi connectivity index (χ1n) is 6.84. The van der Waals surface area contributed by atoms with Gasteiger partial charge < -0.3 is 9.47 Å². The second-order valence-electron chi connectivity index (χ2n) is 7.40. The van der Waals surface area contributed by atoms with Crippen molar-refractivity contribution in [3.63, 3.8) is 0 Å². The van der Waals surface area contributed by atoms with Gasteiger partial charge in [0.2, 0.25) is 11.6 Å². The van der Waals surface area contributed by atoms with Crippen LogP contribution in [0.4, 0.5) is 0 Å². The summed E-state index contributed by atoms with van der Waals surface area (Å²) >= 11 is 0. The summed E-state index contributed by atoms with van der Waals surface area (Å²) in [6.45, 7) is 15.2. The van der Waals surface area contributed by atoms with Gasteiger partial charge >= 0.3 is 0 Å². The lowest BCUT2D eigenvalue weighted by Gasteiger charge is -2.42. The lowest BCUT2D eigenvalue weighted by atomic mass is 10.2. The molecule has 0 bridgehead atoms. The lowest BCUT2D eigenvalue weighted by molar-refractivity contribution is -0.526. The highest BCUT2D eigenvalue weighted by Crippen LogP contribution is 2.29. The summed E-state index contributed by atoms with van der Waals surface area (Å²) in [5.74, 6) is -1.92. The zero-order chi connectivity index (χ0) is 15.7. The number of ether oxygens (including phenoxy) is 2. The average Bonchev–Trinajstić information content (AvgIpc) is 2.28. The minimum absolute atomic E-state index is 0.174. The van der Waals surface area contributed by atoms with Crippen molar-refractivity contribution in [2.75, 3.05) is 13.2 Å². The van der Waals surface area contributed by atoms with Gasteiger partial charge in [-0.25, -0.2) is 9.78 Å². The monoisotopic (exact) mass is 292 g/mol. The third-order valence-corrected chi connectivity index (χ3v) is 2.22. The third-order valence-electron chi connectivity index (χ3n) is 2.22. The number of hydrogen-bond donors (Lipinski definition) is 0. The minimum Gasteiger partial charge on any atom is -0.340 e. The van der Waals surface area contributed by atoms with Crippen LogP contribution in [0.1, 0.15) is 55.4 Å². The summed E-state index contributed by atoms with van der Waals surface area (Å²) in [5.41, 5.74) is -0.835. The van der Waals surface area contributed by atoms with E-state index in [0.717, 1.165) is 0 Å². The van der Waals surface area contributed by atoms with Crippen molar-refractivity contribution in [2.45, 2.75) is 78.2 Å². The molecular formula is C14H28O6. The molecule has 1 heterocycles. The van der Waals surface area contributed by atoms with Crippen molar-refractivity contribution in [1.29, 1.82) is 0 Å². The molecule has 0 aromatic carbocycles. The molecule has 2 unspecified atom stereocenters. The highest BCUT2D eigenvalue weighted by Gasteiger charge is 2.44. The first-order chi connectivity index (χ1) is 8.83. The maximum Gasteiger partial charge on any atom is 0.222 e. The Bertz CT molecular complexity index is 275. The van der Waals surface area contributed by atoms with Crippen LogP contribution >= 0.6 is 0 Å². The SMILES string of the molecule is CC(C)(C)OOC1(C)COC(C)(OOC(C)(C)C)CO1. The van der Waals surface area contributed by atoms with E-state index in [1.165, 1.54) is 0 Å². The van der Waals surface area contributed by atoms with Crippen molar-refractivity contribution in [3.05, 3.63) is 0 Å². The quantitative estimate of drug-likeness (QED) is 0.586. The topological polar surface area (TPSA) is 55.4 Å². The van der Waals surface area contributed by atoms with E-state index in [2.05, 4.69) is 0 Å². The Morgan fingerprint density at radius 1 is 0.700 bits per heavy atom. The van der Waals surface area contributed by atoms with Gasteiger partial charge in [-0.15, -0.1) is 0 Å². The van der Waals surface area contributed by atoms with Gasteiger partial charge in [-0.2, -0.15) is 9.78 Å². The van der Waals surface area contributed by atoms with Crippen molar-refractivity contribution in [3.8, 4) is 0 Å². The molecule has 0 spiro atoms. The van der Waals surface area contributed by atoms with Gasteiger partial charge in [0.25, 0.3) is 0 Å². The van der Waals surface area contributed by atoms with E-state index in [9.17, 15) is 0 Å². The van der Waals surface area contributed by atoms with Crippen LogP contribution in [0.25, 0.3) is 0 Å². The van der Waals surface area contributed by atoms with Crippen LogP contribution in [-0.4, -0.2) is 36.0 Å². The zero-order valence-corrected chi connectivity index (χ0v) is 13.9. The average molecular weight is 292 g/mol. The first-order valence-corrected chi connectivity index (χ1v) is 6.84. The molecule has 1 rings (SSSR count). The summed E-state index contributed by atoms with van der Waals surface area (Å²) in [6, 6.07) is 0.